The van der Waals surface area contributed by atoms with Gasteiger partial charge in [0.25, 0.3) is 0 Å². The van der Waals surface area contributed by atoms with E-state index in [4.69, 9.17) is 0 Å². The molecule has 0 aliphatic rings. The van der Waals surface area contributed by atoms with E-state index in [1.807, 2.05) is 16.8 Å². The summed E-state index contributed by atoms with van der Waals surface area (Å²) in [5, 5.41) is 0. The third kappa shape index (κ3) is 1.75. The van der Waals surface area contributed by atoms with E-state index in [-0.39, 0.29) is 0 Å². The van der Waals surface area contributed by atoms with Crippen LogP contribution in [0.2, 0.25) is 0 Å². The Labute approximate surface area is 78.8 Å². The molecule has 0 spiro atoms. The Bertz CT molecular complexity index is 269. The summed E-state index contributed by atoms with van der Waals surface area (Å²) in [4.78, 5) is 1.32. The maximum atomic E-state index is 3.95. The minimum atomic E-state index is 0.533. The lowest BCUT2D eigenvalue weighted by Crippen LogP contribution is -2.32. The molecule has 0 aliphatic heterocycles. The molecule has 0 amide bonds. The molecule has 0 N–H and O–H groups in total. The molecule has 0 atom stereocenters. The predicted octanol–water partition coefficient (Wildman–Crippen LogP) is 2.46. The van der Waals surface area contributed by atoms with Gasteiger partial charge in [0, 0.05) is 11.9 Å². The number of rotatable bonds is 2. The van der Waals surface area contributed by atoms with E-state index in [1.165, 1.54) is 10.6 Å². The minimum absolute atomic E-state index is 0.533. The van der Waals surface area contributed by atoms with Crippen molar-refractivity contribution in [2.24, 2.45) is 0 Å². The van der Waals surface area contributed by atoms with Gasteiger partial charge in [-0.2, -0.15) is 0 Å². The molecule has 0 aromatic carbocycles. The van der Waals surface area contributed by atoms with Gasteiger partial charge in [-0.15, -0.1) is 11.8 Å². The van der Waals surface area contributed by atoms with E-state index in [9.17, 15) is 0 Å². The van der Waals surface area contributed by atoms with Crippen molar-refractivity contribution in [2.45, 2.75) is 24.7 Å². The second kappa shape index (κ2) is 3.85. The van der Waals surface area contributed by atoms with E-state index >= 15 is 0 Å². The third-order valence-electron chi connectivity index (χ3n) is 1.84. The summed E-state index contributed by atoms with van der Waals surface area (Å²) in [5.41, 5.74) is 1.31. The van der Waals surface area contributed by atoms with Crippen LogP contribution in [0.15, 0.2) is 23.2 Å². The van der Waals surface area contributed by atoms with E-state index in [1.54, 1.807) is 11.8 Å². The van der Waals surface area contributed by atoms with Crippen molar-refractivity contribution in [3.63, 3.8) is 0 Å². The van der Waals surface area contributed by atoms with Crippen LogP contribution < -0.4 is 4.57 Å². The number of thioether (sulfide) groups is 1. The van der Waals surface area contributed by atoms with Crippen molar-refractivity contribution < 1.29 is 4.57 Å². The SMILES string of the molecule is [CH2-][n+]1cccc(SC)c1C(C)C. The Morgan fingerprint density at radius 3 is 2.58 bits per heavy atom. The molecule has 0 saturated carbocycles. The second-order valence-corrected chi connectivity index (χ2v) is 3.93. The highest BCUT2D eigenvalue weighted by Crippen LogP contribution is 2.22. The maximum absolute atomic E-state index is 3.95. The largest absolute Gasteiger partial charge is 0.336 e. The van der Waals surface area contributed by atoms with E-state index in [0.717, 1.165) is 0 Å². The molecule has 0 fully saturated rings. The molecule has 0 aliphatic carbocycles. The number of aromatic nitrogens is 1. The van der Waals surface area contributed by atoms with Gasteiger partial charge in [-0.25, -0.2) is 0 Å². The van der Waals surface area contributed by atoms with Crippen LogP contribution in [0.25, 0.3) is 0 Å². The van der Waals surface area contributed by atoms with Gasteiger partial charge < -0.3 is 4.57 Å². The van der Waals surface area contributed by atoms with Gasteiger partial charge in [0.15, 0.2) is 0 Å². The first-order valence-electron chi connectivity index (χ1n) is 4.06. The van der Waals surface area contributed by atoms with Crippen LogP contribution in [0, 0.1) is 7.05 Å². The summed E-state index contributed by atoms with van der Waals surface area (Å²) in [6.07, 6.45) is 4.09. The Balaban J connectivity index is 3.20. The summed E-state index contributed by atoms with van der Waals surface area (Å²) in [5.74, 6) is 0.533. The van der Waals surface area contributed by atoms with Crippen LogP contribution in [0.3, 0.4) is 0 Å². The number of hydrogen-bond donors (Lipinski definition) is 0. The lowest BCUT2D eigenvalue weighted by atomic mass is 10.1. The molecule has 1 aromatic heterocycles. The normalized spacial score (nSPS) is 10.7. The Morgan fingerprint density at radius 2 is 2.17 bits per heavy atom. The molecule has 0 saturated heterocycles. The minimum Gasteiger partial charge on any atom is -0.336 e. The average Bonchev–Trinajstić information content (AvgIpc) is 2.03. The standard InChI is InChI=1S/C10H15NS/c1-8(2)10-9(12-4)6-5-7-11(10)3/h5-8H,3H2,1-2,4H3. The predicted molar refractivity (Wildman–Crippen MR) is 53.3 cm³/mol. The zero-order chi connectivity index (χ0) is 9.14. The highest BCUT2D eigenvalue weighted by atomic mass is 32.2. The lowest BCUT2D eigenvalue weighted by Gasteiger charge is -2.13. The molecule has 12 heavy (non-hydrogen) atoms. The molecule has 0 unspecified atom stereocenters. The summed E-state index contributed by atoms with van der Waals surface area (Å²) in [6, 6.07) is 4.17. The Kier molecular flexibility index (Phi) is 3.04. The number of nitrogens with zero attached hydrogens (tertiary/aromatic N) is 1. The fourth-order valence-corrected chi connectivity index (χ4v) is 2.11. The molecule has 2 heteroatoms. The first kappa shape index (κ1) is 9.46. The zero-order valence-electron chi connectivity index (χ0n) is 7.87. The summed E-state index contributed by atoms with van der Waals surface area (Å²) in [6.45, 7) is 4.38. The molecule has 0 radical (unpaired) electrons. The smallest absolute Gasteiger partial charge is 0.0978 e. The molecular formula is C10H15NS. The van der Waals surface area contributed by atoms with Crippen LogP contribution in [0.1, 0.15) is 25.5 Å². The highest BCUT2D eigenvalue weighted by molar-refractivity contribution is 7.98. The fraction of sp³-hybridized carbons (Fsp3) is 0.400. The fourth-order valence-electron chi connectivity index (χ4n) is 1.33. The van der Waals surface area contributed by atoms with Crippen molar-refractivity contribution in [3.8, 4) is 0 Å². The van der Waals surface area contributed by atoms with Gasteiger partial charge in [0.05, 0.1) is 11.9 Å². The zero-order valence-corrected chi connectivity index (χ0v) is 8.69. The van der Waals surface area contributed by atoms with E-state index in [2.05, 4.69) is 33.2 Å². The quantitative estimate of drug-likeness (QED) is 0.385. The second-order valence-electron chi connectivity index (χ2n) is 3.09. The first-order valence-corrected chi connectivity index (χ1v) is 5.28. The van der Waals surface area contributed by atoms with Crippen LogP contribution in [-0.2, 0) is 0 Å². The highest BCUT2D eigenvalue weighted by Gasteiger charge is 2.08. The topological polar surface area (TPSA) is 3.88 Å². The molecule has 0 bridgehead atoms. The Morgan fingerprint density at radius 1 is 1.50 bits per heavy atom. The monoisotopic (exact) mass is 181 g/mol. The van der Waals surface area contributed by atoms with E-state index in [0.29, 0.717) is 5.92 Å². The molecular weight excluding hydrogens is 166 g/mol. The molecule has 66 valence electrons. The van der Waals surface area contributed by atoms with Gasteiger partial charge in [0.1, 0.15) is 0 Å². The lowest BCUT2D eigenvalue weighted by molar-refractivity contribution is -0.624. The van der Waals surface area contributed by atoms with Crippen molar-refractivity contribution in [1.82, 2.24) is 0 Å². The van der Waals surface area contributed by atoms with Gasteiger partial charge in [-0.1, -0.05) is 26.0 Å². The average molecular weight is 181 g/mol. The van der Waals surface area contributed by atoms with E-state index < -0.39 is 0 Å². The molecule has 1 nitrogen and oxygen atoms in total. The number of pyridine rings is 1. The van der Waals surface area contributed by atoms with Crippen molar-refractivity contribution in [3.05, 3.63) is 31.1 Å². The number of hydrogen-bond acceptors (Lipinski definition) is 1. The Hall–Kier alpha value is -0.630. The van der Waals surface area contributed by atoms with Gasteiger partial charge in [-0.05, 0) is 12.2 Å². The molecule has 1 rings (SSSR count). The summed E-state index contributed by atoms with van der Waals surface area (Å²) in [7, 11) is 3.95. The van der Waals surface area contributed by atoms with Crippen LogP contribution in [-0.4, -0.2) is 6.26 Å². The molecule has 1 aromatic rings. The van der Waals surface area contributed by atoms with Gasteiger partial charge >= 0.3 is 0 Å². The van der Waals surface area contributed by atoms with Gasteiger partial charge in [-0.3, -0.25) is 0 Å². The van der Waals surface area contributed by atoms with Crippen LogP contribution >= 0.6 is 11.8 Å². The van der Waals surface area contributed by atoms with Gasteiger partial charge in [0.2, 0.25) is 0 Å². The first-order chi connectivity index (χ1) is 5.66. The van der Waals surface area contributed by atoms with Crippen molar-refractivity contribution >= 4 is 11.8 Å². The third-order valence-corrected chi connectivity index (χ3v) is 2.63. The van der Waals surface area contributed by atoms with Crippen LogP contribution in [0.4, 0.5) is 0 Å². The maximum Gasteiger partial charge on any atom is 0.0978 e. The van der Waals surface area contributed by atoms with Crippen molar-refractivity contribution in [2.75, 3.05) is 6.26 Å². The van der Waals surface area contributed by atoms with Crippen LogP contribution in [0.5, 0.6) is 0 Å². The summed E-state index contributed by atoms with van der Waals surface area (Å²) < 4.78 is 1.95. The van der Waals surface area contributed by atoms with Crippen molar-refractivity contribution in [1.29, 1.82) is 0 Å². The molecule has 1 heterocycles. The summed E-state index contributed by atoms with van der Waals surface area (Å²) >= 11 is 1.78.